The number of esters is 1. The van der Waals surface area contributed by atoms with Gasteiger partial charge in [-0.3, -0.25) is 24.0 Å². The highest BCUT2D eigenvalue weighted by Gasteiger charge is 2.43. The fourth-order valence-electron chi connectivity index (χ4n) is 5.45. The topological polar surface area (TPSA) is 177 Å². The summed E-state index contributed by atoms with van der Waals surface area (Å²) >= 11 is 0. The first-order chi connectivity index (χ1) is 21.0. The Hall–Kier alpha value is -3.18. The van der Waals surface area contributed by atoms with Gasteiger partial charge in [0, 0.05) is 6.54 Å². The number of rotatable bonds is 10. The Morgan fingerprint density at radius 3 is 1.82 bits per heavy atom. The molecule has 3 unspecified atom stereocenters. The van der Waals surface area contributed by atoms with Crippen molar-refractivity contribution in [2.24, 2.45) is 17.1 Å². The first-order valence-electron chi connectivity index (χ1n) is 16.7. The lowest BCUT2D eigenvalue weighted by Gasteiger charge is -2.36. The molecule has 45 heavy (non-hydrogen) atoms. The highest BCUT2D eigenvalue weighted by atomic mass is 16.6. The highest BCUT2D eigenvalue weighted by Crippen LogP contribution is 2.31. The third kappa shape index (κ3) is 14.2. The van der Waals surface area contributed by atoms with E-state index in [4.69, 9.17) is 10.5 Å². The number of carbonyl (C=O) groups is 6. The minimum absolute atomic E-state index is 0.235. The van der Waals surface area contributed by atoms with Crippen LogP contribution in [0.5, 0.6) is 0 Å². The third-order valence-corrected chi connectivity index (χ3v) is 7.96. The van der Waals surface area contributed by atoms with E-state index >= 15 is 0 Å². The van der Waals surface area contributed by atoms with Gasteiger partial charge in [-0.05, 0) is 51.4 Å². The van der Waals surface area contributed by atoms with Gasteiger partial charge in [0.1, 0.15) is 24.2 Å². The first kappa shape index (κ1) is 39.8. The standard InChI is InChI=1S/C26H43N5O7.C5H10.C2H6/c1-25(2,3)20(30-24(37)28-14-18(32)38-26(4,5)6)23(36)31-12-8-11-17(31)22(35)29-16(19(33)21(27)34)13-15-9-7-10-15;1-2-4-5-3-1;1-2/h15-17,20H,7-14H2,1-6H3,(H2,27,34)(H,29,35)(H2,28,30,37);1-5H2;1-2H3. The molecule has 1 saturated heterocycles. The van der Waals surface area contributed by atoms with Crippen LogP contribution >= 0.6 is 0 Å². The van der Waals surface area contributed by atoms with E-state index in [1.165, 1.54) is 37.0 Å². The van der Waals surface area contributed by atoms with Crippen molar-refractivity contribution in [3.05, 3.63) is 0 Å². The number of ketones is 1. The normalized spacial score (nSPS) is 19.3. The number of nitrogens with zero attached hydrogens (tertiary/aromatic N) is 1. The number of likely N-dealkylation sites (tertiary alicyclic amines) is 1. The van der Waals surface area contributed by atoms with Crippen molar-refractivity contribution in [1.29, 1.82) is 0 Å². The molecule has 2 aliphatic carbocycles. The number of Topliss-reactive ketones (excluding diaryl/α,β-unsaturated/α-hetero) is 1. The van der Waals surface area contributed by atoms with Gasteiger partial charge in [0.15, 0.2) is 0 Å². The number of ether oxygens (including phenoxy) is 1. The molecule has 258 valence electrons. The zero-order valence-corrected chi connectivity index (χ0v) is 28.9. The largest absolute Gasteiger partial charge is 0.459 e. The number of primary amides is 1. The van der Waals surface area contributed by atoms with Crippen LogP contribution in [0, 0.1) is 11.3 Å². The maximum Gasteiger partial charge on any atom is 0.325 e. The summed E-state index contributed by atoms with van der Waals surface area (Å²) in [6.45, 7) is 14.4. The van der Waals surface area contributed by atoms with Gasteiger partial charge in [-0.25, -0.2) is 4.79 Å². The molecule has 3 aliphatic rings. The maximum absolute atomic E-state index is 13.6. The second-order valence-electron chi connectivity index (χ2n) is 14.0. The average Bonchev–Trinajstić information content (AvgIpc) is 3.66. The molecule has 0 radical (unpaired) electrons. The lowest BCUT2D eigenvalue weighted by atomic mass is 9.80. The van der Waals surface area contributed by atoms with Gasteiger partial charge in [0.05, 0.1) is 6.04 Å². The lowest BCUT2D eigenvalue weighted by Crippen LogP contribution is -2.60. The van der Waals surface area contributed by atoms with Crippen molar-refractivity contribution < 1.29 is 33.5 Å². The van der Waals surface area contributed by atoms with Crippen LogP contribution < -0.4 is 21.7 Å². The summed E-state index contributed by atoms with van der Waals surface area (Å²) in [6, 6.07) is -3.62. The number of hydrogen-bond donors (Lipinski definition) is 4. The second-order valence-corrected chi connectivity index (χ2v) is 14.0. The monoisotopic (exact) mass is 637 g/mol. The average molecular weight is 638 g/mol. The predicted octanol–water partition coefficient (Wildman–Crippen LogP) is 3.74. The number of amides is 5. The van der Waals surface area contributed by atoms with Crippen LogP contribution in [0.3, 0.4) is 0 Å². The molecular formula is C33H59N5O7. The van der Waals surface area contributed by atoms with Crippen LogP contribution in [0.2, 0.25) is 0 Å². The van der Waals surface area contributed by atoms with E-state index in [2.05, 4.69) is 16.0 Å². The third-order valence-electron chi connectivity index (χ3n) is 7.96. The molecule has 12 heteroatoms. The van der Waals surface area contributed by atoms with Crippen LogP contribution in [-0.2, 0) is 28.7 Å². The first-order valence-corrected chi connectivity index (χ1v) is 16.7. The zero-order chi connectivity index (χ0) is 34.4. The summed E-state index contributed by atoms with van der Waals surface area (Å²) in [7, 11) is 0. The summed E-state index contributed by atoms with van der Waals surface area (Å²) < 4.78 is 5.17. The van der Waals surface area contributed by atoms with Gasteiger partial charge in [-0.15, -0.1) is 0 Å². The number of nitrogens with two attached hydrogens (primary N) is 1. The molecule has 1 aliphatic heterocycles. The van der Waals surface area contributed by atoms with Crippen LogP contribution in [0.15, 0.2) is 0 Å². The van der Waals surface area contributed by atoms with E-state index < -0.39 is 64.6 Å². The molecule has 3 fully saturated rings. The molecule has 3 rings (SSSR count). The fourth-order valence-corrected chi connectivity index (χ4v) is 5.45. The second kappa shape index (κ2) is 18.7. The van der Waals surface area contributed by atoms with Crippen molar-refractivity contribution in [2.45, 2.75) is 150 Å². The zero-order valence-electron chi connectivity index (χ0n) is 28.9. The summed E-state index contributed by atoms with van der Waals surface area (Å²) in [5.74, 6) is -3.33. The van der Waals surface area contributed by atoms with Crippen molar-refractivity contribution in [3.8, 4) is 0 Å². The molecule has 2 saturated carbocycles. The van der Waals surface area contributed by atoms with E-state index in [1.807, 2.05) is 13.8 Å². The van der Waals surface area contributed by atoms with Crippen molar-refractivity contribution in [1.82, 2.24) is 20.9 Å². The Kier molecular flexibility index (Phi) is 16.6. The summed E-state index contributed by atoms with van der Waals surface area (Å²) in [4.78, 5) is 76.6. The molecule has 12 nitrogen and oxygen atoms in total. The van der Waals surface area contributed by atoms with Crippen molar-refractivity contribution in [3.63, 3.8) is 0 Å². The summed E-state index contributed by atoms with van der Waals surface area (Å²) in [5.41, 5.74) is 3.78. The molecule has 3 atom stereocenters. The van der Waals surface area contributed by atoms with Gasteiger partial charge < -0.3 is 31.3 Å². The van der Waals surface area contributed by atoms with Crippen LogP contribution in [0.1, 0.15) is 126 Å². The molecule has 1 heterocycles. The van der Waals surface area contributed by atoms with E-state index in [0.717, 1.165) is 19.3 Å². The summed E-state index contributed by atoms with van der Waals surface area (Å²) in [5, 5.41) is 7.70. The highest BCUT2D eigenvalue weighted by molar-refractivity contribution is 6.37. The van der Waals surface area contributed by atoms with Crippen LogP contribution in [-0.4, -0.2) is 77.2 Å². The van der Waals surface area contributed by atoms with Crippen LogP contribution in [0.4, 0.5) is 4.79 Å². The van der Waals surface area contributed by atoms with Gasteiger partial charge >= 0.3 is 12.0 Å². The van der Waals surface area contributed by atoms with Gasteiger partial charge in [-0.2, -0.15) is 0 Å². The Labute approximate surface area is 269 Å². The van der Waals surface area contributed by atoms with Gasteiger partial charge in [-0.1, -0.05) is 86.0 Å². The van der Waals surface area contributed by atoms with E-state index in [-0.39, 0.29) is 12.5 Å². The molecular weight excluding hydrogens is 578 g/mol. The molecule has 0 aromatic carbocycles. The molecule has 0 spiro atoms. The van der Waals surface area contributed by atoms with Crippen molar-refractivity contribution in [2.75, 3.05) is 13.1 Å². The minimum Gasteiger partial charge on any atom is -0.459 e. The van der Waals surface area contributed by atoms with Crippen molar-refractivity contribution >= 4 is 35.5 Å². The lowest BCUT2D eigenvalue weighted by molar-refractivity contribution is -0.153. The van der Waals surface area contributed by atoms with Gasteiger partial charge in [0.2, 0.25) is 17.6 Å². The number of carbonyl (C=O) groups excluding carboxylic acids is 6. The Balaban J connectivity index is 0.00000129. The maximum atomic E-state index is 13.6. The molecule has 0 aromatic rings. The smallest absolute Gasteiger partial charge is 0.325 e. The number of hydrogen-bond acceptors (Lipinski definition) is 7. The SMILES string of the molecule is C1CCCC1.CC.CC(C)(C)OC(=O)CNC(=O)NC(C(=O)N1CCCC1C(=O)NC(CC1CCC1)C(=O)C(N)=O)C(C)(C)C. The summed E-state index contributed by atoms with van der Waals surface area (Å²) in [6.07, 6.45) is 11.6. The molecule has 0 bridgehead atoms. The van der Waals surface area contributed by atoms with Gasteiger partial charge in [0.25, 0.3) is 5.91 Å². The van der Waals surface area contributed by atoms with E-state index in [9.17, 15) is 28.8 Å². The Bertz CT molecular complexity index is 1000. The van der Waals surface area contributed by atoms with E-state index in [0.29, 0.717) is 25.8 Å². The minimum atomic E-state index is -1.11. The number of urea groups is 1. The predicted molar refractivity (Wildman–Crippen MR) is 173 cm³/mol. The number of nitrogens with one attached hydrogen (secondary N) is 3. The fraction of sp³-hybridized carbons (Fsp3) is 0.818. The Morgan fingerprint density at radius 1 is 0.822 bits per heavy atom. The molecule has 5 amide bonds. The molecule has 0 aromatic heterocycles. The Morgan fingerprint density at radius 2 is 1.38 bits per heavy atom. The molecule has 5 N–H and O–H groups in total. The van der Waals surface area contributed by atoms with Crippen LogP contribution in [0.25, 0.3) is 0 Å². The quantitative estimate of drug-likeness (QED) is 0.208. The van der Waals surface area contributed by atoms with E-state index in [1.54, 1.807) is 41.5 Å².